The highest BCUT2D eigenvalue weighted by Gasteiger charge is 2.44. The van der Waals surface area contributed by atoms with Crippen molar-refractivity contribution >= 4 is 23.6 Å². The van der Waals surface area contributed by atoms with E-state index >= 15 is 0 Å². The summed E-state index contributed by atoms with van der Waals surface area (Å²) in [7, 11) is 0. The molecule has 2 aromatic carbocycles. The molecule has 2 aliphatic heterocycles. The number of nitriles is 1. The number of halogens is 1. The van der Waals surface area contributed by atoms with Crippen LogP contribution in [0.1, 0.15) is 61.9 Å². The van der Waals surface area contributed by atoms with E-state index in [0.29, 0.717) is 22.1 Å². The molecule has 4 rings (SSSR count). The number of benzene rings is 2. The standard InChI is InChI=1S/C26H28ClN3O3/c1-26(2,29-25(32)33)14-17-11-20-8-9-21(12-17)30(20)24(31)19-7-10-23(27)22(13-19)18-5-3-16(15-28)4-6-18/h3-7,10,13,17,20-21,29H,8-9,11-12,14H2,1-2H3,(H,32,33). The van der Waals surface area contributed by atoms with Gasteiger partial charge in [0.05, 0.1) is 11.6 Å². The van der Waals surface area contributed by atoms with Gasteiger partial charge in [0, 0.05) is 33.8 Å². The van der Waals surface area contributed by atoms with Crippen molar-refractivity contribution in [3.63, 3.8) is 0 Å². The maximum atomic E-state index is 13.5. The topological polar surface area (TPSA) is 93.4 Å². The molecule has 7 heteroatoms. The number of carbonyl (C=O) groups is 2. The predicted octanol–water partition coefficient (Wildman–Crippen LogP) is 5.70. The maximum absolute atomic E-state index is 13.5. The Morgan fingerprint density at radius 1 is 1.15 bits per heavy atom. The average Bonchev–Trinajstić information content (AvgIpc) is 3.03. The normalized spacial score (nSPS) is 22.0. The molecule has 6 nitrogen and oxygen atoms in total. The number of nitrogens with one attached hydrogen (secondary N) is 1. The molecule has 0 spiro atoms. The molecule has 33 heavy (non-hydrogen) atoms. The summed E-state index contributed by atoms with van der Waals surface area (Å²) in [5.74, 6) is 0.406. The zero-order valence-electron chi connectivity index (χ0n) is 18.8. The first-order valence-electron chi connectivity index (χ1n) is 11.3. The van der Waals surface area contributed by atoms with Crippen LogP contribution in [0.5, 0.6) is 0 Å². The number of rotatable bonds is 5. The first kappa shape index (κ1) is 23.1. The Hall–Kier alpha value is -3.04. The van der Waals surface area contributed by atoms with Crippen molar-refractivity contribution in [1.82, 2.24) is 10.2 Å². The lowest BCUT2D eigenvalue weighted by molar-refractivity contribution is 0.0494. The van der Waals surface area contributed by atoms with E-state index in [-0.39, 0.29) is 18.0 Å². The minimum absolute atomic E-state index is 0.0235. The Kier molecular flexibility index (Phi) is 6.36. The zero-order chi connectivity index (χ0) is 23.8. The number of piperidine rings is 1. The van der Waals surface area contributed by atoms with Gasteiger partial charge in [-0.15, -0.1) is 0 Å². The van der Waals surface area contributed by atoms with Crippen LogP contribution in [0.2, 0.25) is 5.02 Å². The molecule has 2 unspecified atom stereocenters. The molecule has 2 N–H and O–H groups in total. The fraction of sp³-hybridized carbons (Fsp3) is 0.423. The van der Waals surface area contributed by atoms with Crippen LogP contribution in [0.3, 0.4) is 0 Å². The highest BCUT2D eigenvalue weighted by atomic mass is 35.5. The van der Waals surface area contributed by atoms with Gasteiger partial charge in [0.25, 0.3) is 5.91 Å². The van der Waals surface area contributed by atoms with E-state index in [1.807, 2.05) is 36.9 Å². The summed E-state index contributed by atoms with van der Waals surface area (Å²) in [5.41, 5.74) is 2.33. The van der Waals surface area contributed by atoms with E-state index in [1.165, 1.54) is 0 Å². The van der Waals surface area contributed by atoms with Crippen LogP contribution in [-0.2, 0) is 0 Å². The summed E-state index contributed by atoms with van der Waals surface area (Å²) in [4.78, 5) is 26.7. The van der Waals surface area contributed by atoms with Crippen LogP contribution >= 0.6 is 11.6 Å². The van der Waals surface area contributed by atoms with E-state index < -0.39 is 11.6 Å². The van der Waals surface area contributed by atoms with Crippen molar-refractivity contribution in [2.24, 2.45) is 5.92 Å². The summed E-state index contributed by atoms with van der Waals surface area (Å²) in [5, 5.41) is 21.3. The molecular formula is C26H28ClN3O3. The zero-order valence-corrected chi connectivity index (χ0v) is 19.6. The number of carbonyl (C=O) groups excluding carboxylic acids is 1. The molecule has 2 amide bonds. The summed E-state index contributed by atoms with van der Waals surface area (Å²) in [6.07, 6.45) is 3.51. The van der Waals surface area contributed by atoms with Crippen LogP contribution in [-0.4, -0.2) is 39.6 Å². The molecule has 0 aromatic heterocycles. The molecule has 2 aromatic rings. The second-order valence-electron chi connectivity index (χ2n) is 9.84. The second kappa shape index (κ2) is 9.07. The van der Waals surface area contributed by atoms with Crippen LogP contribution < -0.4 is 5.32 Å². The highest BCUT2D eigenvalue weighted by molar-refractivity contribution is 6.33. The molecule has 2 fully saturated rings. The Morgan fingerprint density at radius 3 is 2.36 bits per heavy atom. The van der Waals surface area contributed by atoms with Gasteiger partial charge in [-0.2, -0.15) is 5.26 Å². The Balaban J connectivity index is 1.51. The lowest BCUT2D eigenvalue weighted by atomic mass is 9.81. The number of carboxylic acid groups (broad SMARTS) is 1. The minimum Gasteiger partial charge on any atom is -0.465 e. The first-order chi connectivity index (χ1) is 15.7. The van der Waals surface area contributed by atoms with E-state index in [9.17, 15) is 9.59 Å². The molecule has 2 heterocycles. The monoisotopic (exact) mass is 465 g/mol. The Bertz CT molecular complexity index is 1090. The van der Waals surface area contributed by atoms with Crippen molar-refractivity contribution < 1.29 is 14.7 Å². The van der Waals surface area contributed by atoms with E-state index in [0.717, 1.165) is 43.2 Å². The summed E-state index contributed by atoms with van der Waals surface area (Å²) < 4.78 is 0. The van der Waals surface area contributed by atoms with Crippen molar-refractivity contribution in [3.05, 3.63) is 58.6 Å². The number of hydrogen-bond acceptors (Lipinski definition) is 3. The van der Waals surface area contributed by atoms with Gasteiger partial charge in [0.2, 0.25) is 0 Å². The third-order valence-electron chi connectivity index (χ3n) is 6.85. The summed E-state index contributed by atoms with van der Waals surface area (Å²) in [6, 6.07) is 15.0. The number of amides is 2. The van der Waals surface area contributed by atoms with Crippen molar-refractivity contribution in [2.75, 3.05) is 0 Å². The molecule has 2 aliphatic rings. The molecule has 2 atom stereocenters. The Morgan fingerprint density at radius 2 is 1.79 bits per heavy atom. The quantitative estimate of drug-likeness (QED) is 0.592. The van der Waals surface area contributed by atoms with Crippen LogP contribution in [0.4, 0.5) is 4.79 Å². The number of fused-ring (bicyclic) bond motifs is 2. The van der Waals surface area contributed by atoms with Gasteiger partial charge >= 0.3 is 6.09 Å². The van der Waals surface area contributed by atoms with Crippen LogP contribution in [0.25, 0.3) is 11.1 Å². The third-order valence-corrected chi connectivity index (χ3v) is 7.18. The molecule has 0 saturated carbocycles. The van der Waals surface area contributed by atoms with Gasteiger partial charge in [-0.25, -0.2) is 4.79 Å². The fourth-order valence-electron chi connectivity index (χ4n) is 5.60. The molecular weight excluding hydrogens is 438 g/mol. The molecule has 172 valence electrons. The van der Waals surface area contributed by atoms with Crippen LogP contribution in [0.15, 0.2) is 42.5 Å². The second-order valence-corrected chi connectivity index (χ2v) is 10.2. The lowest BCUT2D eigenvalue weighted by Gasteiger charge is -2.41. The first-order valence-corrected chi connectivity index (χ1v) is 11.7. The van der Waals surface area contributed by atoms with Gasteiger partial charge in [-0.05, 0) is 87.8 Å². The highest BCUT2D eigenvalue weighted by Crippen LogP contribution is 2.42. The molecule has 0 aliphatic carbocycles. The van der Waals surface area contributed by atoms with E-state index in [2.05, 4.69) is 11.4 Å². The maximum Gasteiger partial charge on any atom is 0.405 e. The van der Waals surface area contributed by atoms with Crippen molar-refractivity contribution in [1.29, 1.82) is 5.26 Å². The molecule has 2 bridgehead atoms. The van der Waals surface area contributed by atoms with Gasteiger partial charge in [-0.3, -0.25) is 4.79 Å². The summed E-state index contributed by atoms with van der Waals surface area (Å²) in [6.45, 7) is 3.83. The van der Waals surface area contributed by atoms with Crippen LogP contribution in [0, 0.1) is 17.2 Å². The SMILES string of the molecule is CC(C)(CC1CC2CCC(C1)N2C(=O)c1ccc(Cl)c(-c2ccc(C#N)cc2)c1)NC(=O)O. The van der Waals surface area contributed by atoms with Crippen molar-refractivity contribution in [3.8, 4) is 17.2 Å². The van der Waals surface area contributed by atoms with E-state index in [4.69, 9.17) is 22.0 Å². The molecule has 2 saturated heterocycles. The number of hydrogen-bond donors (Lipinski definition) is 2. The molecule has 0 radical (unpaired) electrons. The lowest BCUT2D eigenvalue weighted by Crippen LogP contribution is -2.49. The van der Waals surface area contributed by atoms with Gasteiger partial charge in [0.1, 0.15) is 0 Å². The smallest absolute Gasteiger partial charge is 0.405 e. The van der Waals surface area contributed by atoms with Gasteiger partial charge < -0.3 is 15.3 Å². The summed E-state index contributed by atoms with van der Waals surface area (Å²) >= 11 is 6.44. The third kappa shape index (κ3) is 4.99. The predicted molar refractivity (Wildman–Crippen MR) is 127 cm³/mol. The Labute approximate surface area is 199 Å². The van der Waals surface area contributed by atoms with E-state index in [1.54, 1.807) is 24.3 Å². The minimum atomic E-state index is -1.00. The van der Waals surface area contributed by atoms with Gasteiger partial charge in [0.15, 0.2) is 0 Å². The average molecular weight is 466 g/mol. The van der Waals surface area contributed by atoms with Crippen molar-refractivity contribution in [2.45, 2.75) is 63.6 Å². The fourth-order valence-corrected chi connectivity index (χ4v) is 5.83. The number of nitrogens with zero attached hydrogens (tertiary/aromatic N) is 2. The largest absolute Gasteiger partial charge is 0.465 e. The van der Waals surface area contributed by atoms with Gasteiger partial charge in [-0.1, -0.05) is 23.7 Å².